The first-order valence-electron chi connectivity index (χ1n) is 6.49. The molecule has 0 aliphatic heterocycles. The van der Waals surface area contributed by atoms with E-state index in [0.717, 1.165) is 12.2 Å². The van der Waals surface area contributed by atoms with Crippen molar-refractivity contribution in [1.29, 1.82) is 0 Å². The Bertz CT molecular complexity index is 297. The van der Waals surface area contributed by atoms with E-state index in [2.05, 4.69) is 13.8 Å². The molecule has 0 aliphatic rings. The predicted molar refractivity (Wildman–Crippen MR) is 70.9 cm³/mol. The van der Waals surface area contributed by atoms with Crippen molar-refractivity contribution in [3.63, 3.8) is 0 Å². The summed E-state index contributed by atoms with van der Waals surface area (Å²) in [7, 11) is 0. The first-order valence-corrected chi connectivity index (χ1v) is 6.49. The van der Waals surface area contributed by atoms with Crippen LogP contribution in [0.5, 0.6) is 0 Å². The third-order valence-corrected chi connectivity index (χ3v) is 3.01. The molecule has 0 radical (unpaired) electrons. The zero-order valence-corrected chi connectivity index (χ0v) is 11.1. The average molecular weight is 236 g/mol. The number of aliphatic hydroxyl groups is 1. The largest absolute Gasteiger partial charge is 0.386 e. The smallest absolute Gasteiger partial charge is 0.105 e. The molecule has 3 unspecified atom stereocenters. The van der Waals surface area contributed by atoms with Gasteiger partial charge in [0, 0.05) is 6.61 Å². The molecule has 2 nitrogen and oxygen atoms in total. The lowest BCUT2D eigenvalue weighted by molar-refractivity contribution is -0.0396. The Balaban J connectivity index is 2.40. The van der Waals surface area contributed by atoms with Crippen LogP contribution >= 0.6 is 0 Å². The van der Waals surface area contributed by atoms with Gasteiger partial charge in [-0.15, -0.1) is 0 Å². The van der Waals surface area contributed by atoms with Gasteiger partial charge in [-0.3, -0.25) is 0 Å². The summed E-state index contributed by atoms with van der Waals surface area (Å²) in [5, 5.41) is 10.1. The molecule has 0 amide bonds. The monoisotopic (exact) mass is 236 g/mol. The summed E-state index contributed by atoms with van der Waals surface area (Å²) < 4.78 is 5.72. The molecule has 0 bridgehead atoms. The normalized spacial score (nSPS) is 16.5. The molecule has 1 aromatic carbocycles. The number of ether oxygens (including phenoxy) is 1. The average Bonchev–Trinajstić information content (AvgIpc) is 2.36. The van der Waals surface area contributed by atoms with Gasteiger partial charge in [0.05, 0.1) is 6.10 Å². The molecule has 0 fully saturated rings. The van der Waals surface area contributed by atoms with Crippen molar-refractivity contribution in [3.8, 4) is 0 Å². The zero-order chi connectivity index (χ0) is 12.7. The molecule has 1 rings (SSSR count). The van der Waals surface area contributed by atoms with E-state index in [1.165, 1.54) is 12.8 Å². The lowest BCUT2D eigenvalue weighted by Gasteiger charge is -2.21. The molecule has 0 spiro atoms. The molecule has 0 saturated carbocycles. The first-order chi connectivity index (χ1) is 8.15. The minimum atomic E-state index is -0.537. The highest BCUT2D eigenvalue weighted by Gasteiger charge is 2.17. The Morgan fingerprint density at radius 3 is 2.41 bits per heavy atom. The van der Waals surface area contributed by atoms with Crippen LogP contribution in [0.15, 0.2) is 30.3 Å². The quantitative estimate of drug-likeness (QED) is 0.784. The fourth-order valence-electron chi connectivity index (χ4n) is 1.90. The van der Waals surface area contributed by atoms with Crippen molar-refractivity contribution in [3.05, 3.63) is 35.9 Å². The van der Waals surface area contributed by atoms with Gasteiger partial charge in [0.25, 0.3) is 0 Å². The molecular weight excluding hydrogens is 212 g/mol. The maximum Gasteiger partial charge on any atom is 0.105 e. The first kappa shape index (κ1) is 14.2. The third-order valence-electron chi connectivity index (χ3n) is 3.01. The van der Waals surface area contributed by atoms with E-state index in [1.54, 1.807) is 0 Å². The molecule has 17 heavy (non-hydrogen) atoms. The maximum absolute atomic E-state index is 10.1. The molecule has 0 aliphatic carbocycles. The summed E-state index contributed by atoms with van der Waals surface area (Å²) in [5.41, 5.74) is 0.920. The van der Waals surface area contributed by atoms with Crippen LogP contribution in [-0.2, 0) is 4.74 Å². The van der Waals surface area contributed by atoms with Crippen molar-refractivity contribution in [1.82, 2.24) is 0 Å². The van der Waals surface area contributed by atoms with Gasteiger partial charge in [-0.25, -0.2) is 0 Å². The van der Waals surface area contributed by atoms with E-state index in [-0.39, 0.29) is 6.10 Å². The van der Waals surface area contributed by atoms with Crippen LogP contribution in [0.4, 0.5) is 0 Å². The van der Waals surface area contributed by atoms with E-state index < -0.39 is 6.10 Å². The summed E-state index contributed by atoms with van der Waals surface area (Å²) in [4.78, 5) is 0. The fourth-order valence-corrected chi connectivity index (χ4v) is 1.90. The van der Waals surface area contributed by atoms with E-state index in [0.29, 0.717) is 5.92 Å². The maximum atomic E-state index is 10.1. The lowest BCUT2D eigenvalue weighted by Crippen LogP contribution is -2.21. The van der Waals surface area contributed by atoms with Crippen LogP contribution in [0, 0.1) is 5.92 Å². The van der Waals surface area contributed by atoms with Gasteiger partial charge in [-0.05, 0) is 24.8 Å². The lowest BCUT2D eigenvalue weighted by atomic mass is 10.0. The zero-order valence-electron chi connectivity index (χ0n) is 11.1. The van der Waals surface area contributed by atoms with Crippen LogP contribution in [0.2, 0.25) is 0 Å². The van der Waals surface area contributed by atoms with Gasteiger partial charge in [0.15, 0.2) is 0 Å². The van der Waals surface area contributed by atoms with Gasteiger partial charge in [0.1, 0.15) is 6.10 Å². The molecule has 0 aromatic heterocycles. The van der Waals surface area contributed by atoms with Crippen molar-refractivity contribution in [2.24, 2.45) is 5.92 Å². The third kappa shape index (κ3) is 4.88. The number of aliphatic hydroxyl groups excluding tert-OH is 1. The van der Waals surface area contributed by atoms with Gasteiger partial charge >= 0.3 is 0 Å². The van der Waals surface area contributed by atoms with Gasteiger partial charge < -0.3 is 9.84 Å². The van der Waals surface area contributed by atoms with Crippen LogP contribution < -0.4 is 0 Å². The standard InChI is InChI=1S/C15H24O2/c1-4-8-12(2)11-17-13(3)15(16)14-9-6-5-7-10-14/h5-7,9-10,12-13,15-16H,4,8,11H2,1-3H3. The second-order valence-corrected chi connectivity index (χ2v) is 4.79. The number of rotatable bonds is 7. The van der Waals surface area contributed by atoms with Crippen LogP contribution in [0.1, 0.15) is 45.3 Å². The molecule has 3 atom stereocenters. The molecule has 0 heterocycles. The Hall–Kier alpha value is -0.860. The minimum absolute atomic E-state index is 0.156. The van der Waals surface area contributed by atoms with E-state index >= 15 is 0 Å². The molecule has 1 aromatic rings. The van der Waals surface area contributed by atoms with Gasteiger partial charge in [-0.1, -0.05) is 50.6 Å². The Kier molecular flexibility index (Phi) is 6.23. The van der Waals surface area contributed by atoms with E-state index in [9.17, 15) is 5.11 Å². The molecule has 2 heteroatoms. The van der Waals surface area contributed by atoms with E-state index in [4.69, 9.17) is 4.74 Å². The van der Waals surface area contributed by atoms with Crippen LogP contribution in [-0.4, -0.2) is 17.8 Å². The predicted octanol–water partition coefficient (Wildman–Crippen LogP) is 3.56. The number of benzene rings is 1. The number of hydrogen-bond donors (Lipinski definition) is 1. The van der Waals surface area contributed by atoms with Gasteiger partial charge in [-0.2, -0.15) is 0 Å². The second-order valence-electron chi connectivity index (χ2n) is 4.79. The highest BCUT2D eigenvalue weighted by Crippen LogP contribution is 2.19. The SMILES string of the molecule is CCCC(C)COC(C)C(O)c1ccccc1. The van der Waals surface area contributed by atoms with Crippen molar-refractivity contribution in [2.75, 3.05) is 6.61 Å². The van der Waals surface area contributed by atoms with Crippen molar-refractivity contribution in [2.45, 2.75) is 45.8 Å². The number of hydrogen-bond acceptors (Lipinski definition) is 2. The molecule has 1 N–H and O–H groups in total. The summed E-state index contributed by atoms with van der Waals surface area (Å²) in [6.45, 7) is 7.01. The highest BCUT2D eigenvalue weighted by atomic mass is 16.5. The van der Waals surface area contributed by atoms with Crippen molar-refractivity contribution < 1.29 is 9.84 Å². The van der Waals surface area contributed by atoms with Crippen molar-refractivity contribution >= 4 is 0 Å². The van der Waals surface area contributed by atoms with Gasteiger partial charge in [0.2, 0.25) is 0 Å². The Morgan fingerprint density at radius 1 is 1.18 bits per heavy atom. The summed E-state index contributed by atoms with van der Waals surface area (Å²) in [6, 6.07) is 9.68. The van der Waals surface area contributed by atoms with E-state index in [1.807, 2.05) is 37.3 Å². The summed E-state index contributed by atoms with van der Waals surface area (Å²) in [6.07, 6.45) is 1.66. The Morgan fingerprint density at radius 2 is 1.82 bits per heavy atom. The molecule has 96 valence electrons. The topological polar surface area (TPSA) is 29.5 Å². The minimum Gasteiger partial charge on any atom is -0.386 e. The second kappa shape index (κ2) is 7.46. The van der Waals surface area contributed by atoms with Crippen LogP contribution in [0.3, 0.4) is 0 Å². The molecule has 0 saturated heterocycles. The highest BCUT2D eigenvalue weighted by molar-refractivity contribution is 5.18. The fraction of sp³-hybridized carbons (Fsp3) is 0.600. The van der Waals surface area contributed by atoms with Crippen LogP contribution in [0.25, 0.3) is 0 Å². The summed E-state index contributed by atoms with van der Waals surface area (Å²) in [5.74, 6) is 0.561. The summed E-state index contributed by atoms with van der Waals surface area (Å²) >= 11 is 0. The Labute approximate surface area is 105 Å². The molecular formula is C15H24O2.